The third-order valence-electron chi connectivity index (χ3n) is 7.53. The van der Waals surface area contributed by atoms with Gasteiger partial charge in [-0.1, -0.05) is 46.5 Å². The lowest BCUT2D eigenvalue weighted by Crippen LogP contribution is -2.52. The molecule has 1 saturated heterocycles. The number of hydrogen-bond acceptors (Lipinski definition) is 7. The summed E-state index contributed by atoms with van der Waals surface area (Å²) in [4.78, 5) is 37.6. The molecule has 196 valence electrons. The molecule has 0 N–H and O–H groups in total. The Morgan fingerprint density at radius 3 is 2.83 bits per heavy atom. The van der Waals surface area contributed by atoms with Gasteiger partial charge in [-0.05, 0) is 30.7 Å². The maximum Gasteiger partial charge on any atom is 0.307 e. The first-order chi connectivity index (χ1) is 17.4. The summed E-state index contributed by atoms with van der Waals surface area (Å²) in [6.45, 7) is 7.90. The molecule has 0 saturated carbocycles. The van der Waals surface area contributed by atoms with Crippen molar-refractivity contribution in [2.75, 3.05) is 25.0 Å². The summed E-state index contributed by atoms with van der Waals surface area (Å²) in [5, 5.41) is 9.78. The number of aromatic nitrogens is 3. The topological polar surface area (TPSA) is 104 Å². The second-order valence-electron chi connectivity index (χ2n) is 9.94. The van der Waals surface area contributed by atoms with Gasteiger partial charge in [-0.3, -0.25) is 14.2 Å². The van der Waals surface area contributed by atoms with Crippen LogP contribution >= 0.6 is 0 Å². The first kappa shape index (κ1) is 27.4. The molecular formula is C27H40N6O3. The number of nitrogens with zero attached hydrogens (tertiary/aromatic N) is 6. The number of rotatable bonds is 12. The van der Waals surface area contributed by atoms with Crippen molar-refractivity contribution in [1.82, 2.24) is 19.4 Å². The Morgan fingerprint density at radius 2 is 2.11 bits per heavy atom. The van der Waals surface area contributed by atoms with Crippen LogP contribution in [0.15, 0.2) is 18.6 Å². The quantitative estimate of drug-likeness (QED) is 0.398. The largest absolute Gasteiger partial charge is 0.444 e. The van der Waals surface area contributed by atoms with E-state index in [2.05, 4.69) is 35.6 Å². The Balaban J connectivity index is 1.66. The van der Waals surface area contributed by atoms with E-state index in [1.54, 1.807) is 4.90 Å². The van der Waals surface area contributed by atoms with Gasteiger partial charge in [0.15, 0.2) is 6.73 Å². The molecule has 3 atom stereocenters. The van der Waals surface area contributed by atoms with Crippen molar-refractivity contribution in [2.24, 2.45) is 11.8 Å². The van der Waals surface area contributed by atoms with Gasteiger partial charge in [0.25, 0.3) is 0 Å². The number of amides is 1. The van der Waals surface area contributed by atoms with E-state index in [0.717, 1.165) is 30.5 Å². The van der Waals surface area contributed by atoms with Gasteiger partial charge in [0, 0.05) is 32.8 Å². The Bertz CT molecular complexity index is 1060. The highest BCUT2D eigenvalue weighted by molar-refractivity contribution is 5.88. The van der Waals surface area contributed by atoms with Crippen molar-refractivity contribution in [3.05, 3.63) is 18.6 Å². The first-order valence-electron chi connectivity index (χ1n) is 13.2. The minimum absolute atomic E-state index is 0.0693. The highest BCUT2D eigenvalue weighted by Gasteiger charge is 2.32. The van der Waals surface area contributed by atoms with E-state index in [1.807, 2.05) is 29.9 Å². The molecular weight excluding hydrogens is 456 g/mol. The molecule has 0 aliphatic carbocycles. The zero-order valence-corrected chi connectivity index (χ0v) is 22.2. The number of carbonyl (C=O) groups excluding carboxylic acids is 2. The van der Waals surface area contributed by atoms with Crippen LogP contribution in [0, 0.1) is 23.2 Å². The van der Waals surface area contributed by atoms with Gasteiger partial charge in [-0.2, -0.15) is 5.26 Å². The van der Waals surface area contributed by atoms with Gasteiger partial charge in [0.05, 0.1) is 17.5 Å². The van der Waals surface area contributed by atoms with Gasteiger partial charge in [-0.15, -0.1) is 0 Å². The number of likely N-dealkylation sites (N-methyl/N-ethyl adjacent to an activating group) is 1. The fraction of sp³-hybridized carbons (Fsp3) is 0.667. The molecule has 2 aromatic rings. The molecule has 1 fully saturated rings. The number of hydrogen-bond donors (Lipinski definition) is 0. The lowest BCUT2D eigenvalue weighted by atomic mass is 9.92. The van der Waals surface area contributed by atoms with Gasteiger partial charge < -0.3 is 14.5 Å². The van der Waals surface area contributed by atoms with Crippen LogP contribution in [0.4, 0.5) is 5.82 Å². The fourth-order valence-corrected chi connectivity index (χ4v) is 5.07. The number of anilines is 1. The second-order valence-corrected chi connectivity index (χ2v) is 9.94. The van der Waals surface area contributed by atoms with Gasteiger partial charge in [-0.25, -0.2) is 9.97 Å². The number of esters is 1. The summed E-state index contributed by atoms with van der Waals surface area (Å²) in [6.07, 6.45) is 10.1. The summed E-state index contributed by atoms with van der Waals surface area (Å²) in [6, 6.07) is 3.97. The number of carbonyl (C=O) groups is 2. The molecule has 1 amide bonds. The molecule has 3 rings (SSSR count). The predicted molar refractivity (Wildman–Crippen MR) is 139 cm³/mol. The third kappa shape index (κ3) is 6.74. The number of nitriles is 1. The Labute approximate surface area is 214 Å². The zero-order chi connectivity index (χ0) is 26.1. The Morgan fingerprint density at radius 1 is 1.31 bits per heavy atom. The third-order valence-corrected chi connectivity index (χ3v) is 7.53. The molecule has 1 aliphatic heterocycles. The SMILES string of the molecule is CCCC[C@@H](CC)CCC(=O)OCn1ccc2c(N(C)[C@H]3CN(C(=O)CC#N)CC[C@H]3C)ncnc21. The van der Waals surface area contributed by atoms with Crippen LogP contribution in [-0.2, 0) is 21.1 Å². The van der Waals surface area contributed by atoms with Crippen molar-refractivity contribution in [3.8, 4) is 6.07 Å². The van der Waals surface area contributed by atoms with Gasteiger partial charge in [0.2, 0.25) is 5.91 Å². The standard InChI is InChI=1S/C27H40N6O3/c1-5-7-8-21(6-2)9-10-25(35)36-19-33-16-13-22-26(29-18-30-27(22)33)31(4)23-17-32(15-12-20(23)3)24(34)11-14-28/h13,16,18,20-21,23H,5-12,15,17,19H2,1-4H3/t20-,21-,23+/m1/s1. The van der Waals surface area contributed by atoms with Crippen LogP contribution in [0.25, 0.3) is 11.0 Å². The molecule has 36 heavy (non-hydrogen) atoms. The highest BCUT2D eigenvalue weighted by Crippen LogP contribution is 2.29. The van der Waals surface area contributed by atoms with E-state index in [0.29, 0.717) is 37.0 Å². The molecule has 1 aliphatic rings. The van der Waals surface area contributed by atoms with E-state index >= 15 is 0 Å². The van der Waals surface area contributed by atoms with E-state index in [9.17, 15) is 9.59 Å². The molecule has 0 aromatic carbocycles. The van der Waals surface area contributed by atoms with E-state index < -0.39 is 0 Å². The smallest absolute Gasteiger partial charge is 0.307 e. The van der Waals surface area contributed by atoms with Crippen molar-refractivity contribution in [1.29, 1.82) is 5.26 Å². The molecule has 0 unspecified atom stereocenters. The van der Waals surface area contributed by atoms with Crippen LogP contribution in [0.3, 0.4) is 0 Å². The molecule has 0 bridgehead atoms. The van der Waals surface area contributed by atoms with Crippen molar-refractivity contribution >= 4 is 28.7 Å². The maximum absolute atomic E-state index is 12.4. The monoisotopic (exact) mass is 496 g/mol. The molecule has 2 aromatic heterocycles. The van der Waals surface area contributed by atoms with Crippen molar-refractivity contribution in [2.45, 2.75) is 84.9 Å². The van der Waals surface area contributed by atoms with Gasteiger partial charge in [0.1, 0.15) is 24.2 Å². The molecule has 9 nitrogen and oxygen atoms in total. The molecule has 0 radical (unpaired) electrons. The van der Waals surface area contributed by atoms with E-state index in [1.165, 1.54) is 25.6 Å². The maximum atomic E-state index is 12.4. The summed E-state index contributed by atoms with van der Waals surface area (Å²) in [5.41, 5.74) is 0.704. The highest BCUT2D eigenvalue weighted by atomic mass is 16.5. The number of likely N-dealkylation sites (tertiary alicyclic amines) is 1. The summed E-state index contributed by atoms with van der Waals surface area (Å²) < 4.78 is 7.40. The lowest BCUT2D eigenvalue weighted by molar-refractivity contribution is -0.147. The summed E-state index contributed by atoms with van der Waals surface area (Å²) in [5.74, 6) is 1.40. The second kappa shape index (κ2) is 13.2. The number of piperidine rings is 1. The number of unbranched alkanes of at least 4 members (excludes halogenated alkanes) is 1. The van der Waals surface area contributed by atoms with E-state index in [-0.39, 0.29) is 31.1 Å². The average molecular weight is 497 g/mol. The number of ether oxygens (including phenoxy) is 1. The van der Waals surface area contributed by atoms with Crippen LogP contribution in [0.1, 0.15) is 72.1 Å². The predicted octanol–water partition coefficient (Wildman–Crippen LogP) is 4.52. The summed E-state index contributed by atoms with van der Waals surface area (Å²) >= 11 is 0. The molecule has 9 heteroatoms. The van der Waals surface area contributed by atoms with Crippen LogP contribution in [0.2, 0.25) is 0 Å². The number of fused-ring (bicyclic) bond motifs is 1. The average Bonchev–Trinajstić information content (AvgIpc) is 3.30. The van der Waals surface area contributed by atoms with Crippen LogP contribution in [-0.4, -0.2) is 57.5 Å². The Hall–Kier alpha value is -3.15. The minimum atomic E-state index is -0.184. The molecule has 0 spiro atoms. The lowest BCUT2D eigenvalue weighted by Gasteiger charge is -2.42. The molecule has 3 heterocycles. The van der Waals surface area contributed by atoms with Crippen molar-refractivity contribution in [3.63, 3.8) is 0 Å². The zero-order valence-electron chi connectivity index (χ0n) is 22.2. The summed E-state index contributed by atoms with van der Waals surface area (Å²) in [7, 11) is 1.99. The van der Waals surface area contributed by atoms with Crippen LogP contribution in [0.5, 0.6) is 0 Å². The van der Waals surface area contributed by atoms with Crippen LogP contribution < -0.4 is 4.90 Å². The Kier molecular flexibility index (Phi) is 10.1. The minimum Gasteiger partial charge on any atom is -0.444 e. The van der Waals surface area contributed by atoms with Crippen molar-refractivity contribution < 1.29 is 14.3 Å². The van der Waals surface area contributed by atoms with E-state index in [4.69, 9.17) is 10.00 Å². The normalized spacial score (nSPS) is 18.6. The van der Waals surface area contributed by atoms with Gasteiger partial charge >= 0.3 is 5.97 Å². The first-order valence-corrected chi connectivity index (χ1v) is 13.2. The fourth-order valence-electron chi connectivity index (χ4n) is 5.07.